The molecular weight excluding hydrogens is 216 g/mol. The fourth-order valence-corrected chi connectivity index (χ4v) is 2.97. The van der Waals surface area contributed by atoms with E-state index in [1.807, 2.05) is 11.9 Å². The van der Waals surface area contributed by atoms with Crippen molar-refractivity contribution in [3.8, 4) is 0 Å². The van der Waals surface area contributed by atoms with Gasteiger partial charge in [-0.05, 0) is 19.4 Å². The fraction of sp³-hybridized carbons (Fsp3) is 0.667. The summed E-state index contributed by atoms with van der Waals surface area (Å²) in [5.74, 6) is 0.127. The van der Waals surface area contributed by atoms with E-state index in [1.54, 1.807) is 17.1 Å². The van der Waals surface area contributed by atoms with E-state index < -0.39 is 0 Å². The highest BCUT2D eigenvalue weighted by molar-refractivity contribution is 5.93. The molecule has 1 unspecified atom stereocenters. The van der Waals surface area contributed by atoms with Crippen LogP contribution in [0.1, 0.15) is 23.2 Å². The monoisotopic (exact) mass is 234 g/mol. The maximum absolute atomic E-state index is 12.3. The van der Waals surface area contributed by atoms with Gasteiger partial charge in [0.1, 0.15) is 0 Å². The van der Waals surface area contributed by atoms with Gasteiger partial charge in [-0.1, -0.05) is 0 Å². The number of amides is 1. The summed E-state index contributed by atoms with van der Waals surface area (Å²) in [5, 5.41) is 7.46. The van der Waals surface area contributed by atoms with Crippen LogP contribution in [0.15, 0.2) is 12.4 Å². The maximum Gasteiger partial charge on any atom is 0.257 e. The Kier molecular flexibility index (Phi) is 2.43. The third-order valence-corrected chi connectivity index (χ3v) is 4.01. The van der Waals surface area contributed by atoms with Crippen molar-refractivity contribution in [3.05, 3.63) is 18.0 Å². The van der Waals surface area contributed by atoms with Crippen molar-refractivity contribution in [1.29, 1.82) is 0 Å². The van der Waals surface area contributed by atoms with Crippen LogP contribution >= 0.6 is 0 Å². The predicted molar refractivity (Wildman–Crippen MR) is 63.6 cm³/mol. The molecule has 0 aliphatic carbocycles. The average molecular weight is 234 g/mol. The molecule has 2 saturated heterocycles. The van der Waals surface area contributed by atoms with E-state index >= 15 is 0 Å². The second kappa shape index (κ2) is 3.84. The molecule has 2 aliphatic heterocycles. The second-order valence-corrected chi connectivity index (χ2v) is 5.31. The highest BCUT2D eigenvalue weighted by atomic mass is 16.2. The summed E-state index contributed by atoms with van der Waals surface area (Å²) in [6.45, 7) is 3.93. The van der Waals surface area contributed by atoms with Gasteiger partial charge in [-0.25, -0.2) is 0 Å². The molecule has 1 atom stereocenters. The van der Waals surface area contributed by atoms with Crippen molar-refractivity contribution in [2.45, 2.75) is 12.8 Å². The Morgan fingerprint density at radius 3 is 3.06 bits per heavy atom. The summed E-state index contributed by atoms with van der Waals surface area (Å²) in [6, 6.07) is 0. The molecule has 1 amide bonds. The third kappa shape index (κ3) is 1.84. The molecule has 0 bridgehead atoms. The lowest BCUT2D eigenvalue weighted by molar-refractivity contribution is 0.0775. The Labute approximate surface area is 101 Å². The standard InChI is InChI=1S/C12H18N4O/c1-15-7-10(6-14-15)11(17)16-5-3-12(9-16)2-4-13-8-12/h6-7,13H,2-5,8-9H2,1H3. The molecule has 5 nitrogen and oxygen atoms in total. The molecule has 3 heterocycles. The van der Waals surface area contributed by atoms with Crippen LogP contribution in [0.2, 0.25) is 0 Å². The van der Waals surface area contributed by atoms with Gasteiger partial charge >= 0.3 is 0 Å². The van der Waals surface area contributed by atoms with E-state index in [-0.39, 0.29) is 5.91 Å². The van der Waals surface area contributed by atoms with Gasteiger partial charge in [0.25, 0.3) is 5.91 Å². The van der Waals surface area contributed by atoms with Gasteiger partial charge in [0.05, 0.1) is 11.8 Å². The number of nitrogens with one attached hydrogen (secondary N) is 1. The fourth-order valence-electron chi connectivity index (χ4n) is 2.97. The summed E-state index contributed by atoms with van der Waals surface area (Å²) in [7, 11) is 1.84. The van der Waals surface area contributed by atoms with Crippen molar-refractivity contribution in [1.82, 2.24) is 20.0 Å². The minimum absolute atomic E-state index is 0.127. The Hall–Kier alpha value is -1.36. The van der Waals surface area contributed by atoms with Gasteiger partial charge < -0.3 is 10.2 Å². The first-order valence-corrected chi connectivity index (χ1v) is 6.17. The van der Waals surface area contributed by atoms with Crippen molar-refractivity contribution in [2.24, 2.45) is 12.5 Å². The van der Waals surface area contributed by atoms with Crippen LogP contribution < -0.4 is 5.32 Å². The molecule has 2 fully saturated rings. The minimum Gasteiger partial charge on any atom is -0.338 e. The molecule has 0 aromatic carbocycles. The van der Waals surface area contributed by atoms with Crippen molar-refractivity contribution in [3.63, 3.8) is 0 Å². The van der Waals surface area contributed by atoms with Gasteiger partial charge in [0, 0.05) is 38.3 Å². The summed E-state index contributed by atoms with van der Waals surface area (Å²) in [5.41, 5.74) is 1.05. The number of rotatable bonds is 1. The smallest absolute Gasteiger partial charge is 0.257 e. The summed E-state index contributed by atoms with van der Waals surface area (Å²) < 4.78 is 1.68. The first-order chi connectivity index (χ1) is 8.19. The summed E-state index contributed by atoms with van der Waals surface area (Å²) in [4.78, 5) is 14.2. The normalized spacial score (nSPS) is 28.2. The Morgan fingerprint density at radius 1 is 1.53 bits per heavy atom. The van der Waals surface area contributed by atoms with Crippen molar-refractivity contribution < 1.29 is 4.79 Å². The molecule has 1 spiro atoms. The van der Waals surface area contributed by atoms with Gasteiger partial charge in [-0.2, -0.15) is 5.10 Å². The van der Waals surface area contributed by atoms with E-state index in [0.29, 0.717) is 11.0 Å². The lowest BCUT2D eigenvalue weighted by atomic mass is 9.86. The molecule has 17 heavy (non-hydrogen) atoms. The van der Waals surface area contributed by atoms with E-state index in [1.165, 1.54) is 6.42 Å². The molecule has 92 valence electrons. The zero-order valence-corrected chi connectivity index (χ0v) is 10.1. The van der Waals surface area contributed by atoms with Gasteiger partial charge in [0.2, 0.25) is 0 Å². The summed E-state index contributed by atoms with van der Waals surface area (Å²) in [6.07, 6.45) is 5.77. The zero-order chi connectivity index (χ0) is 11.9. The van der Waals surface area contributed by atoms with Crippen LogP contribution in [-0.2, 0) is 7.05 Å². The van der Waals surface area contributed by atoms with Crippen LogP contribution in [0.3, 0.4) is 0 Å². The van der Waals surface area contributed by atoms with Gasteiger partial charge in [0.15, 0.2) is 0 Å². The lowest BCUT2D eigenvalue weighted by Crippen LogP contribution is -2.33. The molecule has 1 N–H and O–H groups in total. The van der Waals surface area contributed by atoms with E-state index in [2.05, 4.69) is 10.4 Å². The molecule has 2 aliphatic rings. The predicted octanol–water partition coefficient (Wildman–Crippen LogP) is 0.246. The molecule has 3 rings (SSSR count). The second-order valence-electron chi connectivity index (χ2n) is 5.31. The first-order valence-electron chi connectivity index (χ1n) is 6.17. The molecule has 1 aromatic rings. The van der Waals surface area contributed by atoms with E-state index in [4.69, 9.17) is 0 Å². The topological polar surface area (TPSA) is 50.2 Å². The Balaban J connectivity index is 1.72. The van der Waals surface area contributed by atoms with Gasteiger partial charge in [-0.15, -0.1) is 0 Å². The Bertz CT molecular complexity index is 433. The minimum atomic E-state index is 0.127. The molecular formula is C12H18N4O. The number of hydrogen-bond acceptors (Lipinski definition) is 3. The summed E-state index contributed by atoms with van der Waals surface area (Å²) >= 11 is 0. The van der Waals surface area contributed by atoms with Crippen molar-refractivity contribution >= 4 is 5.91 Å². The first kappa shape index (κ1) is 10.8. The third-order valence-electron chi connectivity index (χ3n) is 4.01. The SMILES string of the molecule is Cn1cc(C(=O)N2CCC3(CCNC3)C2)cn1. The van der Waals surface area contributed by atoms with Crippen LogP contribution in [0.25, 0.3) is 0 Å². The largest absolute Gasteiger partial charge is 0.338 e. The maximum atomic E-state index is 12.3. The number of nitrogens with zero attached hydrogens (tertiary/aromatic N) is 3. The number of carbonyl (C=O) groups excluding carboxylic acids is 1. The van der Waals surface area contributed by atoms with Crippen LogP contribution in [0, 0.1) is 5.41 Å². The van der Waals surface area contributed by atoms with E-state index in [0.717, 1.165) is 32.6 Å². The number of aryl methyl sites for hydroxylation is 1. The molecule has 0 radical (unpaired) electrons. The Morgan fingerprint density at radius 2 is 2.41 bits per heavy atom. The highest BCUT2D eigenvalue weighted by Gasteiger charge is 2.42. The van der Waals surface area contributed by atoms with Crippen molar-refractivity contribution in [2.75, 3.05) is 26.2 Å². The quantitative estimate of drug-likeness (QED) is 0.757. The average Bonchev–Trinajstić information content (AvgIpc) is 3.02. The van der Waals surface area contributed by atoms with E-state index in [9.17, 15) is 4.79 Å². The zero-order valence-electron chi connectivity index (χ0n) is 10.1. The number of hydrogen-bond donors (Lipinski definition) is 1. The number of carbonyl (C=O) groups is 1. The van der Waals surface area contributed by atoms with Crippen LogP contribution in [0.4, 0.5) is 0 Å². The molecule has 0 saturated carbocycles. The number of aromatic nitrogens is 2. The van der Waals surface area contributed by atoms with Crippen LogP contribution in [-0.4, -0.2) is 46.8 Å². The molecule has 1 aromatic heterocycles. The molecule has 5 heteroatoms. The number of likely N-dealkylation sites (tertiary alicyclic amines) is 1. The van der Waals surface area contributed by atoms with Gasteiger partial charge in [-0.3, -0.25) is 9.48 Å². The highest BCUT2D eigenvalue weighted by Crippen LogP contribution is 2.36. The van der Waals surface area contributed by atoms with Crippen LogP contribution in [0.5, 0.6) is 0 Å². The lowest BCUT2D eigenvalue weighted by Gasteiger charge is -2.22.